The molecule has 0 heterocycles. The topological polar surface area (TPSA) is 9.23 Å². The molecule has 0 spiro atoms. The van der Waals surface area contributed by atoms with E-state index >= 15 is 0 Å². The minimum absolute atomic E-state index is 0.682. The Morgan fingerprint density at radius 2 is 1.29 bits per heavy atom. The van der Waals surface area contributed by atoms with E-state index in [0.717, 1.165) is 6.42 Å². The second kappa shape index (κ2) is 10.5. The smallest absolute Gasteiger partial charge is 0.241 e. The van der Waals surface area contributed by atoms with Crippen molar-refractivity contribution in [3.05, 3.63) is 11.8 Å². The summed E-state index contributed by atoms with van der Waals surface area (Å²) in [7, 11) is -1.46. The summed E-state index contributed by atoms with van der Waals surface area (Å²) in [6, 6.07) is 0. The van der Waals surface area contributed by atoms with Crippen LogP contribution >= 0.6 is 0 Å². The average Bonchev–Trinajstić information content (AvgIpc) is 2.37. The van der Waals surface area contributed by atoms with Crippen LogP contribution in [0.2, 0.25) is 19.6 Å². The lowest BCUT2D eigenvalue weighted by molar-refractivity contribution is 0.382. The molecule has 0 fully saturated rings. The zero-order chi connectivity index (χ0) is 15.6. The highest BCUT2D eigenvalue weighted by Crippen LogP contribution is 2.22. The molecule has 0 N–H and O–H groups in total. The summed E-state index contributed by atoms with van der Waals surface area (Å²) in [5.41, 5.74) is 0. The summed E-state index contributed by atoms with van der Waals surface area (Å²) in [5, 5.41) is 0. The van der Waals surface area contributed by atoms with Crippen molar-refractivity contribution in [2.75, 3.05) is 0 Å². The highest BCUT2D eigenvalue weighted by molar-refractivity contribution is 6.70. The summed E-state index contributed by atoms with van der Waals surface area (Å²) in [5.74, 6) is 1.98. The molecule has 0 saturated heterocycles. The van der Waals surface area contributed by atoms with Gasteiger partial charge in [-0.3, -0.25) is 0 Å². The fourth-order valence-electron chi connectivity index (χ4n) is 3.14. The Balaban J connectivity index is 2.54. The van der Waals surface area contributed by atoms with Gasteiger partial charge in [0.25, 0.3) is 0 Å². The Morgan fingerprint density at radius 1 is 0.810 bits per heavy atom. The molecule has 21 heavy (non-hydrogen) atoms. The third-order valence-electron chi connectivity index (χ3n) is 4.24. The molecule has 0 aromatic heterocycles. The van der Waals surface area contributed by atoms with Crippen LogP contribution in [0.4, 0.5) is 0 Å². The minimum atomic E-state index is -1.46. The Bertz CT molecular complexity index is 290. The van der Waals surface area contributed by atoms with E-state index in [1.165, 1.54) is 76.4 Å². The molecule has 2 heteroatoms. The molecule has 1 aliphatic rings. The zero-order valence-electron chi connectivity index (χ0n) is 15.0. The van der Waals surface area contributed by atoms with Crippen molar-refractivity contribution >= 4 is 8.32 Å². The predicted molar refractivity (Wildman–Crippen MR) is 97.1 cm³/mol. The van der Waals surface area contributed by atoms with Gasteiger partial charge in [0.15, 0.2) is 0 Å². The molecule has 0 radical (unpaired) electrons. The van der Waals surface area contributed by atoms with Crippen molar-refractivity contribution < 1.29 is 4.43 Å². The maximum atomic E-state index is 6.33. The Morgan fingerprint density at radius 3 is 1.81 bits per heavy atom. The first kappa shape index (κ1) is 18.8. The summed E-state index contributed by atoms with van der Waals surface area (Å²) in [6.07, 6.45) is 19.1. The van der Waals surface area contributed by atoms with Gasteiger partial charge < -0.3 is 4.43 Å². The quantitative estimate of drug-likeness (QED) is 0.496. The standard InChI is InChI=1S/C19H38OSi/c1-18-15-13-11-9-7-5-6-8-10-12-14-16-19(17-18)20-21(2,3)4/h17-18H,5-16H2,1-4H3/b19-17+. The van der Waals surface area contributed by atoms with Crippen LogP contribution in [0.1, 0.15) is 84.0 Å². The molecular formula is C19H38OSi. The van der Waals surface area contributed by atoms with Gasteiger partial charge in [-0.2, -0.15) is 0 Å². The minimum Gasteiger partial charge on any atom is -0.548 e. The van der Waals surface area contributed by atoms with E-state index in [4.69, 9.17) is 4.43 Å². The lowest BCUT2D eigenvalue weighted by atomic mass is 10.0. The van der Waals surface area contributed by atoms with Crippen LogP contribution in [0.5, 0.6) is 0 Å². The van der Waals surface area contributed by atoms with E-state index < -0.39 is 8.32 Å². The number of allylic oxidation sites excluding steroid dienone is 2. The van der Waals surface area contributed by atoms with Crippen molar-refractivity contribution in [1.29, 1.82) is 0 Å². The first-order chi connectivity index (χ1) is 9.97. The van der Waals surface area contributed by atoms with Crippen LogP contribution in [-0.2, 0) is 4.43 Å². The van der Waals surface area contributed by atoms with E-state index in [9.17, 15) is 0 Å². The van der Waals surface area contributed by atoms with Gasteiger partial charge in [0.2, 0.25) is 8.32 Å². The monoisotopic (exact) mass is 310 g/mol. The Kier molecular flexibility index (Phi) is 9.38. The van der Waals surface area contributed by atoms with E-state index in [-0.39, 0.29) is 0 Å². The van der Waals surface area contributed by atoms with Crippen molar-refractivity contribution in [3.8, 4) is 0 Å². The fourth-order valence-corrected chi connectivity index (χ4v) is 4.10. The van der Waals surface area contributed by atoms with Gasteiger partial charge in [0.05, 0.1) is 5.76 Å². The second-order valence-electron chi connectivity index (χ2n) is 7.90. The molecule has 0 aromatic carbocycles. The highest BCUT2D eigenvalue weighted by atomic mass is 28.4. The van der Waals surface area contributed by atoms with Crippen molar-refractivity contribution in [2.45, 2.75) is 104 Å². The van der Waals surface area contributed by atoms with Gasteiger partial charge in [-0.1, -0.05) is 64.7 Å². The molecule has 1 rings (SSSR count). The maximum Gasteiger partial charge on any atom is 0.241 e. The molecule has 0 aromatic rings. The second-order valence-corrected chi connectivity index (χ2v) is 12.3. The molecule has 1 atom stereocenters. The molecular weight excluding hydrogens is 272 g/mol. The molecule has 1 nitrogen and oxygen atoms in total. The van der Waals surface area contributed by atoms with E-state index in [2.05, 4.69) is 32.6 Å². The van der Waals surface area contributed by atoms with E-state index in [0.29, 0.717) is 5.92 Å². The molecule has 1 aliphatic carbocycles. The molecule has 0 saturated carbocycles. The molecule has 0 bridgehead atoms. The number of hydrogen-bond donors (Lipinski definition) is 0. The highest BCUT2D eigenvalue weighted by Gasteiger charge is 2.18. The Hall–Kier alpha value is -0.243. The summed E-state index contributed by atoms with van der Waals surface area (Å²) < 4.78 is 6.33. The third kappa shape index (κ3) is 11.0. The maximum absolute atomic E-state index is 6.33. The normalized spacial score (nSPS) is 27.0. The first-order valence-electron chi connectivity index (χ1n) is 9.37. The van der Waals surface area contributed by atoms with Crippen LogP contribution in [0, 0.1) is 5.92 Å². The fraction of sp³-hybridized carbons (Fsp3) is 0.895. The molecule has 0 aliphatic heterocycles. The van der Waals surface area contributed by atoms with Gasteiger partial charge in [0, 0.05) is 6.42 Å². The molecule has 0 amide bonds. The van der Waals surface area contributed by atoms with Crippen molar-refractivity contribution in [1.82, 2.24) is 0 Å². The van der Waals surface area contributed by atoms with Crippen molar-refractivity contribution in [2.24, 2.45) is 5.92 Å². The van der Waals surface area contributed by atoms with Gasteiger partial charge in [-0.05, 0) is 44.5 Å². The summed E-state index contributed by atoms with van der Waals surface area (Å²) >= 11 is 0. The van der Waals surface area contributed by atoms with Crippen LogP contribution in [0.25, 0.3) is 0 Å². The number of rotatable bonds is 2. The number of hydrogen-bond acceptors (Lipinski definition) is 1. The predicted octanol–water partition coefficient (Wildman–Crippen LogP) is 7.05. The van der Waals surface area contributed by atoms with Crippen LogP contribution in [0.3, 0.4) is 0 Å². The van der Waals surface area contributed by atoms with Crippen LogP contribution < -0.4 is 0 Å². The van der Waals surface area contributed by atoms with E-state index in [1.807, 2.05) is 0 Å². The SMILES string of the molecule is CC1/C=C(/O[Si](C)(C)C)CCCCCCCCCCCC1. The largest absolute Gasteiger partial charge is 0.548 e. The lowest BCUT2D eigenvalue weighted by Gasteiger charge is -2.23. The van der Waals surface area contributed by atoms with Gasteiger partial charge in [-0.25, -0.2) is 0 Å². The van der Waals surface area contributed by atoms with Gasteiger partial charge in [0.1, 0.15) is 0 Å². The van der Waals surface area contributed by atoms with E-state index in [1.54, 1.807) is 0 Å². The lowest BCUT2D eigenvalue weighted by Crippen LogP contribution is -2.25. The zero-order valence-corrected chi connectivity index (χ0v) is 16.0. The van der Waals surface area contributed by atoms with Gasteiger partial charge in [-0.15, -0.1) is 0 Å². The Labute approximate surface area is 134 Å². The molecule has 124 valence electrons. The summed E-state index contributed by atoms with van der Waals surface area (Å²) in [4.78, 5) is 0. The third-order valence-corrected chi connectivity index (χ3v) is 5.11. The molecule has 1 unspecified atom stereocenters. The van der Waals surface area contributed by atoms with Crippen LogP contribution in [0.15, 0.2) is 11.8 Å². The summed E-state index contributed by atoms with van der Waals surface area (Å²) in [6.45, 7) is 9.27. The van der Waals surface area contributed by atoms with Crippen LogP contribution in [-0.4, -0.2) is 8.32 Å². The first-order valence-corrected chi connectivity index (χ1v) is 12.8. The average molecular weight is 311 g/mol. The van der Waals surface area contributed by atoms with Gasteiger partial charge >= 0.3 is 0 Å². The van der Waals surface area contributed by atoms with Crippen molar-refractivity contribution in [3.63, 3.8) is 0 Å².